The SMILES string of the molecule is COc1ccc2cc(-c3c(O)c(-c4c(O)c(-c5ccc6cc(OC)ccc6c5)c(F)c5c(F)c(F)c(F)c(F)c45)c4c(F)c(F)c(F)c(F)c4c3F)ccc2c1. The molecule has 8 aromatic rings. The van der Waals surface area contributed by atoms with Crippen molar-refractivity contribution in [3.8, 4) is 56.4 Å². The molecule has 0 aliphatic rings. The van der Waals surface area contributed by atoms with Crippen LogP contribution in [-0.2, 0) is 0 Å². The molecule has 0 atom stereocenters. The Labute approximate surface area is 308 Å². The molecule has 282 valence electrons. The van der Waals surface area contributed by atoms with E-state index in [1.54, 1.807) is 12.1 Å². The lowest BCUT2D eigenvalue weighted by atomic mass is 9.84. The van der Waals surface area contributed by atoms with Crippen LogP contribution in [0.3, 0.4) is 0 Å². The molecule has 14 heteroatoms. The topological polar surface area (TPSA) is 58.9 Å². The molecule has 8 aromatic carbocycles. The number of hydrogen-bond acceptors (Lipinski definition) is 4. The normalized spacial score (nSPS) is 11.7. The van der Waals surface area contributed by atoms with Crippen molar-refractivity contribution < 1.29 is 63.6 Å². The summed E-state index contributed by atoms with van der Waals surface area (Å²) in [6.45, 7) is 0. The van der Waals surface area contributed by atoms with E-state index in [4.69, 9.17) is 9.47 Å². The average molecular weight is 779 g/mol. The molecule has 0 amide bonds. The molecule has 0 aliphatic carbocycles. The van der Waals surface area contributed by atoms with Crippen molar-refractivity contribution in [2.45, 2.75) is 0 Å². The zero-order valence-corrected chi connectivity index (χ0v) is 28.4. The molecule has 0 saturated heterocycles. The fourth-order valence-corrected chi connectivity index (χ4v) is 7.12. The zero-order valence-electron chi connectivity index (χ0n) is 28.4. The highest BCUT2D eigenvalue weighted by atomic mass is 19.2. The molecule has 0 spiro atoms. The summed E-state index contributed by atoms with van der Waals surface area (Å²) in [4.78, 5) is 0. The Bertz CT molecular complexity index is 2830. The third-order valence-corrected chi connectivity index (χ3v) is 9.78. The van der Waals surface area contributed by atoms with Crippen molar-refractivity contribution >= 4 is 43.1 Å². The molecule has 8 rings (SSSR count). The van der Waals surface area contributed by atoms with E-state index in [1.165, 1.54) is 62.8 Å². The number of ether oxygens (including phenoxy) is 2. The van der Waals surface area contributed by atoms with Gasteiger partial charge in [-0.2, -0.15) is 0 Å². The van der Waals surface area contributed by atoms with Crippen molar-refractivity contribution in [1.82, 2.24) is 0 Å². The van der Waals surface area contributed by atoms with E-state index in [0.717, 1.165) is 12.1 Å². The van der Waals surface area contributed by atoms with Gasteiger partial charge in [0.25, 0.3) is 0 Å². The van der Waals surface area contributed by atoms with Crippen LogP contribution in [0.4, 0.5) is 43.9 Å². The largest absolute Gasteiger partial charge is 0.507 e. The third-order valence-electron chi connectivity index (χ3n) is 9.78. The highest BCUT2D eigenvalue weighted by Gasteiger charge is 2.37. The van der Waals surface area contributed by atoms with Crippen LogP contribution in [0.5, 0.6) is 23.0 Å². The summed E-state index contributed by atoms with van der Waals surface area (Å²) in [6.07, 6.45) is 0. The van der Waals surface area contributed by atoms with E-state index in [9.17, 15) is 19.0 Å². The zero-order chi connectivity index (χ0) is 40.1. The van der Waals surface area contributed by atoms with Crippen molar-refractivity contribution in [3.63, 3.8) is 0 Å². The van der Waals surface area contributed by atoms with Crippen molar-refractivity contribution in [2.24, 2.45) is 0 Å². The van der Waals surface area contributed by atoms with E-state index in [0.29, 0.717) is 33.0 Å². The molecule has 0 aliphatic heterocycles. The molecule has 0 bridgehead atoms. The van der Waals surface area contributed by atoms with Crippen LogP contribution in [0.1, 0.15) is 0 Å². The molecule has 0 aromatic heterocycles. The Morgan fingerprint density at radius 3 is 0.982 bits per heavy atom. The fraction of sp³-hybridized carbons (Fsp3) is 0.0476. The Morgan fingerprint density at radius 2 is 0.643 bits per heavy atom. The van der Waals surface area contributed by atoms with Crippen LogP contribution in [-0.4, -0.2) is 24.4 Å². The van der Waals surface area contributed by atoms with Gasteiger partial charge in [-0.15, -0.1) is 0 Å². The molecule has 4 nitrogen and oxygen atoms in total. The summed E-state index contributed by atoms with van der Waals surface area (Å²) in [7, 11) is 2.78. The maximum absolute atomic E-state index is 16.6. The van der Waals surface area contributed by atoms with Gasteiger partial charge >= 0.3 is 0 Å². The Balaban J connectivity index is 1.59. The van der Waals surface area contributed by atoms with Gasteiger partial charge in [-0.05, 0) is 69.1 Å². The van der Waals surface area contributed by atoms with Gasteiger partial charge in [0, 0.05) is 21.9 Å². The molecule has 0 heterocycles. The molecule has 56 heavy (non-hydrogen) atoms. The summed E-state index contributed by atoms with van der Waals surface area (Å²) in [5.41, 5.74) is -5.75. The number of fused-ring (bicyclic) bond motifs is 4. The van der Waals surface area contributed by atoms with Crippen LogP contribution in [0.15, 0.2) is 72.8 Å². The number of hydrogen-bond donors (Lipinski definition) is 2. The van der Waals surface area contributed by atoms with Gasteiger partial charge in [0.05, 0.1) is 36.1 Å². The summed E-state index contributed by atoms with van der Waals surface area (Å²) in [6, 6.07) is 16.6. The second-order valence-electron chi connectivity index (χ2n) is 12.7. The number of rotatable bonds is 5. The van der Waals surface area contributed by atoms with E-state index in [1.807, 2.05) is 0 Å². The van der Waals surface area contributed by atoms with Crippen LogP contribution < -0.4 is 9.47 Å². The molecular formula is C42H20F10O4. The minimum absolute atomic E-state index is 0.331. The average Bonchev–Trinajstić information content (AvgIpc) is 3.20. The van der Waals surface area contributed by atoms with Crippen molar-refractivity contribution in [3.05, 3.63) is 131 Å². The minimum atomic E-state index is -2.57. The lowest BCUT2D eigenvalue weighted by Gasteiger charge is -2.22. The first kappa shape index (κ1) is 36.3. The smallest absolute Gasteiger partial charge is 0.198 e. The van der Waals surface area contributed by atoms with Gasteiger partial charge in [-0.1, -0.05) is 36.4 Å². The molecule has 2 N–H and O–H groups in total. The predicted molar refractivity (Wildman–Crippen MR) is 189 cm³/mol. The fourth-order valence-electron chi connectivity index (χ4n) is 7.12. The molecule has 0 radical (unpaired) electrons. The highest BCUT2D eigenvalue weighted by molar-refractivity contribution is 6.15. The Hall–Kier alpha value is -6.70. The number of phenolic OH excluding ortho intramolecular Hbond substituents is 2. The van der Waals surface area contributed by atoms with Gasteiger partial charge in [-0.25, -0.2) is 43.9 Å². The maximum atomic E-state index is 16.6. The summed E-state index contributed by atoms with van der Waals surface area (Å²) < 4.78 is 167. The van der Waals surface area contributed by atoms with Gasteiger partial charge < -0.3 is 19.7 Å². The lowest BCUT2D eigenvalue weighted by Crippen LogP contribution is -2.06. The van der Waals surface area contributed by atoms with Crippen molar-refractivity contribution in [1.29, 1.82) is 0 Å². The van der Waals surface area contributed by atoms with Crippen LogP contribution >= 0.6 is 0 Å². The highest BCUT2D eigenvalue weighted by Crippen LogP contribution is 2.55. The molecule has 0 fully saturated rings. The minimum Gasteiger partial charge on any atom is -0.507 e. The number of methoxy groups -OCH3 is 2. The monoisotopic (exact) mass is 778 g/mol. The van der Waals surface area contributed by atoms with E-state index in [-0.39, 0.29) is 11.1 Å². The second-order valence-corrected chi connectivity index (χ2v) is 12.7. The van der Waals surface area contributed by atoms with Crippen molar-refractivity contribution in [2.75, 3.05) is 14.2 Å². The Morgan fingerprint density at radius 1 is 0.339 bits per heavy atom. The summed E-state index contributed by atoms with van der Waals surface area (Å²) in [5.74, 6) is -25.7. The van der Waals surface area contributed by atoms with E-state index in [2.05, 4.69) is 0 Å². The number of halogens is 10. The number of benzene rings is 8. The van der Waals surface area contributed by atoms with Gasteiger partial charge in [-0.3, -0.25) is 0 Å². The Kier molecular flexibility index (Phi) is 8.40. The molecule has 0 saturated carbocycles. The molecule has 0 unspecified atom stereocenters. The van der Waals surface area contributed by atoms with Crippen LogP contribution in [0, 0.1) is 58.2 Å². The van der Waals surface area contributed by atoms with Gasteiger partial charge in [0.15, 0.2) is 46.5 Å². The maximum Gasteiger partial charge on any atom is 0.198 e. The summed E-state index contributed by atoms with van der Waals surface area (Å²) >= 11 is 0. The molecular weight excluding hydrogens is 758 g/mol. The standard InChI is InChI=1S/C42H20F10O4/c1-55-21-9-7-15-11-19(5-3-17(15)13-21)23-31(43)29-25(33(45)37(49)39(51)35(29)47)27(41(23)53)28-26-30(36(48)40(52)38(50)34(26)46)32(44)24(42(28)54)20-6-4-18-14-22(56-2)10-8-16(18)12-20/h3-14,53-54H,1-2H3. The first-order valence-electron chi connectivity index (χ1n) is 16.3. The summed E-state index contributed by atoms with van der Waals surface area (Å²) in [5, 5.41) is 18.7. The quantitative estimate of drug-likeness (QED) is 0.104. The van der Waals surface area contributed by atoms with Gasteiger partial charge in [0.1, 0.15) is 34.6 Å². The van der Waals surface area contributed by atoms with E-state index < -0.39 is 113 Å². The van der Waals surface area contributed by atoms with Gasteiger partial charge in [0.2, 0.25) is 0 Å². The first-order chi connectivity index (χ1) is 26.7. The second kappa shape index (κ2) is 13.0. The third kappa shape index (κ3) is 5.08. The lowest BCUT2D eigenvalue weighted by molar-refractivity contribution is 0.414. The number of aromatic hydroxyl groups is 2. The van der Waals surface area contributed by atoms with E-state index >= 15 is 35.1 Å². The first-order valence-corrected chi connectivity index (χ1v) is 16.3. The predicted octanol–water partition coefficient (Wildman–Crippen LogP) is 12.1. The number of phenols is 2. The van der Waals surface area contributed by atoms with Crippen LogP contribution in [0.2, 0.25) is 0 Å². The van der Waals surface area contributed by atoms with Crippen LogP contribution in [0.25, 0.3) is 76.5 Å².